The highest BCUT2D eigenvalue weighted by molar-refractivity contribution is 5.91. The number of piperidine rings is 1. The molecule has 0 bridgehead atoms. The second-order valence-electron chi connectivity index (χ2n) is 6.99. The number of hydrogen-bond donors (Lipinski definition) is 1. The first-order chi connectivity index (χ1) is 12.2. The van der Waals surface area contributed by atoms with Crippen LogP contribution in [0.5, 0.6) is 0 Å². The van der Waals surface area contributed by atoms with Gasteiger partial charge in [0.15, 0.2) is 5.82 Å². The lowest BCUT2D eigenvalue weighted by Gasteiger charge is -2.35. The van der Waals surface area contributed by atoms with Crippen LogP contribution < -0.4 is 5.32 Å². The van der Waals surface area contributed by atoms with Gasteiger partial charge in [-0.25, -0.2) is 0 Å². The Hall–Kier alpha value is -2.22. The van der Waals surface area contributed by atoms with E-state index in [2.05, 4.69) is 32.4 Å². The van der Waals surface area contributed by atoms with Crippen molar-refractivity contribution in [3.05, 3.63) is 29.7 Å². The van der Waals surface area contributed by atoms with Crippen molar-refractivity contribution in [3.63, 3.8) is 0 Å². The lowest BCUT2D eigenvalue weighted by Crippen LogP contribution is -2.38. The third-order valence-electron chi connectivity index (χ3n) is 5.18. The Kier molecular flexibility index (Phi) is 4.29. The quantitative estimate of drug-likeness (QED) is 0.891. The van der Waals surface area contributed by atoms with Gasteiger partial charge in [0, 0.05) is 25.7 Å². The normalized spacial score (nSPS) is 22.7. The van der Waals surface area contributed by atoms with E-state index in [4.69, 9.17) is 4.52 Å². The summed E-state index contributed by atoms with van der Waals surface area (Å²) >= 11 is 0. The molecule has 2 aliphatic rings. The van der Waals surface area contributed by atoms with Crippen LogP contribution >= 0.6 is 0 Å². The predicted octanol–water partition coefficient (Wildman–Crippen LogP) is 1.90. The van der Waals surface area contributed by atoms with E-state index in [-0.39, 0.29) is 18.0 Å². The molecular formula is C17H24N6O2. The predicted molar refractivity (Wildman–Crippen MR) is 90.1 cm³/mol. The molecule has 2 aromatic rings. The fourth-order valence-corrected chi connectivity index (χ4v) is 3.42. The molecule has 0 unspecified atom stereocenters. The minimum atomic E-state index is -0.154. The average molecular weight is 344 g/mol. The minimum absolute atomic E-state index is 0.0942. The van der Waals surface area contributed by atoms with E-state index in [1.807, 2.05) is 10.9 Å². The van der Waals surface area contributed by atoms with Crippen LogP contribution in [0.4, 0.5) is 0 Å². The summed E-state index contributed by atoms with van der Waals surface area (Å²) in [6.07, 6.45) is 6.36. The minimum Gasteiger partial charge on any atom is -0.354 e. The van der Waals surface area contributed by atoms with E-state index in [1.165, 1.54) is 12.8 Å². The van der Waals surface area contributed by atoms with Crippen LogP contribution in [0.3, 0.4) is 0 Å². The summed E-state index contributed by atoms with van der Waals surface area (Å²) in [5.41, 5.74) is 0.457. The van der Waals surface area contributed by atoms with Gasteiger partial charge in [-0.2, -0.15) is 10.1 Å². The van der Waals surface area contributed by atoms with Gasteiger partial charge in [0.1, 0.15) is 5.69 Å². The second kappa shape index (κ2) is 6.59. The molecule has 1 amide bonds. The molecular weight excluding hydrogens is 320 g/mol. The van der Waals surface area contributed by atoms with E-state index in [9.17, 15) is 4.79 Å². The molecule has 1 saturated carbocycles. The monoisotopic (exact) mass is 344 g/mol. The average Bonchev–Trinajstić information content (AvgIpc) is 3.18. The second-order valence-corrected chi connectivity index (χ2v) is 6.99. The maximum absolute atomic E-state index is 11.7. The van der Waals surface area contributed by atoms with Crippen molar-refractivity contribution in [2.45, 2.75) is 50.6 Å². The molecule has 2 fully saturated rings. The Morgan fingerprint density at radius 2 is 2.24 bits per heavy atom. The number of carbonyl (C=O) groups excluding carboxylic acids is 1. The van der Waals surface area contributed by atoms with Crippen LogP contribution in [-0.4, -0.2) is 50.9 Å². The fourth-order valence-electron chi connectivity index (χ4n) is 3.42. The third-order valence-corrected chi connectivity index (χ3v) is 5.18. The molecule has 0 aromatic carbocycles. The number of nitrogens with zero attached hydrogens (tertiary/aromatic N) is 5. The zero-order valence-corrected chi connectivity index (χ0v) is 14.7. The van der Waals surface area contributed by atoms with E-state index in [1.54, 1.807) is 13.1 Å². The van der Waals surface area contributed by atoms with Crippen molar-refractivity contribution in [1.82, 2.24) is 30.1 Å². The zero-order chi connectivity index (χ0) is 17.4. The Labute approximate surface area is 146 Å². The molecule has 0 spiro atoms. The van der Waals surface area contributed by atoms with Gasteiger partial charge in [0.2, 0.25) is 5.89 Å². The summed E-state index contributed by atoms with van der Waals surface area (Å²) in [7, 11) is 1.62. The highest BCUT2D eigenvalue weighted by Gasteiger charge is 2.32. The van der Waals surface area contributed by atoms with Gasteiger partial charge in [0.05, 0.1) is 12.1 Å². The van der Waals surface area contributed by atoms with Crippen LogP contribution in [0.15, 0.2) is 16.8 Å². The third kappa shape index (κ3) is 3.30. The molecule has 2 atom stereocenters. The van der Waals surface area contributed by atoms with E-state index >= 15 is 0 Å². The van der Waals surface area contributed by atoms with Crippen molar-refractivity contribution >= 4 is 5.91 Å². The molecule has 1 aliphatic heterocycles. The largest absolute Gasteiger partial charge is 0.354 e. The number of carbonyl (C=O) groups is 1. The van der Waals surface area contributed by atoms with Gasteiger partial charge in [-0.15, -0.1) is 0 Å². The van der Waals surface area contributed by atoms with Gasteiger partial charge in [-0.05, 0) is 45.2 Å². The van der Waals surface area contributed by atoms with E-state index < -0.39 is 0 Å². The number of aromatic nitrogens is 4. The Morgan fingerprint density at radius 3 is 3.00 bits per heavy atom. The summed E-state index contributed by atoms with van der Waals surface area (Å²) in [6.45, 7) is 3.98. The summed E-state index contributed by atoms with van der Waals surface area (Å²) in [5, 5.41) is 11.2. The van der Waals surface area contributed by atoms with Crippen LogP contribution in [0, 0.1) is 0 Å². The molecule has 25 heavy (non-hydrogen) atoms. The Morgan fingerprint density at radius 1 is 1.40 bits per heavy atom. The summed E-state index contributed by atoms with van der Waals surface area (Å²) in [5.74, 6) is 1.91. The number of hydrogen-bond acceptors (Lipinski definition) is 6. The zero-order valence-electron chi connectivity index (χ0n) is 14.7. The molecule has 1 N–H and O–H groups in total. The van der Waals surface area contributed by atoms with Gasteiger partial charge in [-0.1, -0.05) is 5.16 Å². The van der Waals surface area contributed by atoms with Crippen molar-refractivity contribution in [2.75, 3.05) is 20.1 Å². The standard InChI is InChI=1S/C17H24N6O2/c1-11(17-19-15(21-25-17)12-5-6-12)22-8-3-4-13(10-22)23-9-7-14(20-23)16(24)18-2/h7,9,11-13H,3-6,8,10H2,1-2H3,(H,18,24)/t11-,13+/m0/s1. The van der Waals surface area contributed by atoms with Crippen molar-refractivity contribution < 1.29 is 9.32 Å². The van der Waals surface area contributed by atoms with Gasteiger partial charge in [-0.3, -0.25) is 14.4 Å². The molecule has 3 heterocycles. The van der Waals surface area contributed by atoms with Crippen LogP contribution in [0.2, 0.25) is 0 Å². The van der Waals surface area contributed by atoms with Gasteiger partial charge >= 0.3 is 0 Å². The van der Waals surface area contributed by atoms with E-state index in [0.717, 1.165) is 31.8 Å². The maximum Gasteiger partial charge on any atom is 0.271 e. The first-order valence-electron chi connectivity index (χ1n) is 9.00. The van der Waals surface area contributed by atoms with Crippen LogP contribution in [0.1, 0.15) is 72.8 Å². The van der Waals surface area contributed by atoms with Crippen LogP contribution in [0.25, 0.3) is 0 Å². The Bertz CT molecular complexity index is 750. The summed E-state index contributed by atoms with van der Waals surface area (Å²) in [4.78, 5) is 18.7. The molecule has 2 aromatic heterocycles. The number of likely N-dealkylation sites (tertiary alicyclic amines) is 1. The molecule has 4 rings (SSSR count). The SMILES string of the molecule is CNC(=O)c1ccn([C@@H]2CCCN([C@@H](C)c3nc(C4CC4)no3)C2)n1. The number of rotatable bonds is 5. The lowest BCUT2D eigenvalue weighted by atomic mass is 10.0. The number of amides is 1. The summed E-state index contributed by atoms with van der Waals surface area (Å²) in [6, 6.07) is 2.11. The highest BCUT2D eigenvalue weighted by atomic mass is 16.5. The topological polar surface area (TPSA) is 89.1 Å². The molecule has 134 valence electrons. The molecule has 1 saturated heterocycles. The fraction of sp³-hybridized carbons (Fsp3) is 0.647. The summed E-state index contributed by atoms with van der Waals surface area (Å²) < 4.78 is 7.40. The van der Waals surface area contributed by atoms with Gasteiger partial charge in [0.25, 0.3) is 5.91 Å². The van der Waals surface area contributed by atoms with Crippen LogP contribution in [-0.2, 0) is 0 Å². The van der Waals surface area contributed by atoms with Crippen molar-refractivity contribution in [2.24, 2.45) is 0 Å². The first-order valence-corrected chi connectivity index (χ1v) is 9.00. The van der Waals surface area contributed by atoms with Crippen molar-refractivity contribution in [3.8, 4) is 0 Å². The number of nitrogens with one attached hydrogen (secondary N) is 1. The molecule has 0 radical (unpaired) electrons. The maximum atomic E-state index is 11.7. The molecule has 8 nitrogen and oxygen atoms in total. The molecule has 1 aliphatic carbocycles. The first kappa shape index (κ1) is 16.3. The Balaban J connectivity index is 1.44. The van der Waals surface area contributed by atoms with Crippen molar-refractivity contribution in [1.29, 1.82) is 0 Å². The highest BCUT2D eigenvalue weighted by Crippen LogP contribution is 2.39. The van der Waals surface area contributed by atoms with E-state index in [0.29, 0.717) is 17.5 Å². The molecule has 8 heteroatoms. The lowest BCUT2D eigenvalue weighted by molar-refractivity contribution is 0.0951. The van der Waals surface area contributed by atoms with Gasteiger partial charge < -0.3 is 9.84 Å². The smallest absolute Gasteiger partial charge is 0.271 e.